The Morgan fingerprint density at radius 1 is 1.33 bits per heavy atom. The minimum Gasteiger partial charge on any atom is -0.468 e. The molecule has 6 heteroatoms. The molecule has 0 aliphatic rings. The van der Waals surface area contributed by atoms with Gasteiger partial charge in [-0.3, -0.25) is 4.79 Å². The van der Waals surface area contributed by atoms with E-state index in [-0.39, 0.29) is 12.3 Å². The largest absolute Gasteiger partial charge is 0.468 e. The van der Waals surface area contributed by atoms with Crippen molar-refractivity contribution in [1.82, 2.24) is 0 Å². The number of carbonyl (C=O) groups is 1. The molecule has 0 saturated carbocycles. The fourth-order valence-electron chi connectivity index (χ4n) is 0.891. The summed E-state index contributed by atoms with van der Waals surface area (Å²) in [6, 6.07) is -0.536. The maximum atomic E-state index is 10.9. The number of esters is 1. The second-order valence-corrected chi connectivity index (χ2v) is 4.04. The van der Waals surface area contributed by atoms with E-state index in [9.17, 15) is 4.79 Å². The minimum absolute atomic E-state index is 0.204. The van der Waals surface area contributed by atoms with E-state index in [1.54, 1.807) is 26.0 Å². The molecular weight excluding hydrogens is 218 g/mol. The molecule has 0 radical (unpaired) electrons. The van der Waals surface area contributed by atoms with Crippen LogP contribution in [0.4, 0.5) is 0 Å². The molecule has 0 aromatic carbocycles. The molecule has 0 aliphatic carbocycles. The van der Waals surface area contributed by atoms with Crippen LogP contribution in [0.5, 0.6) is 0 Å². The van der Waals surface area contributed by atoms with E-state index in [2.05, 4.69) is 4.74 Å². The number of ether oxygens (including phenoxy) is 3. The first-order valence-corrected chi connectivity index (χ1v) is 5.77. The highest BCUT2D eigenvalue weighted by Gasteiger charge is 2.13. The van der Waals surface area contributed by atoms with E-state index in [0.29, 0.717) is 6.42 Å². The summed E-state index contributed by atoms with van der Waals surface area (Å²) in [5.74, 6) is 1.13. The number of hydrogen-bond acceptors (Lipinski definition) is 6. The fraction of sp³-hybridized carbons (Fsp3) is 0.889. The summed E-state index contributed by atoms with van der Waals surface area (Å²) in [4.78, 5) is 10.9. The van der Waals surface area contributed by atoms with Crippen LogP contribution in [0.3, 0.4) is 0 Å². The van der Waals surface area contributed by atoms with Gasteiger partial charge in [0.1, 0.15) is 6.04 Å². The quantitative estimate of drug-likeness (QED) is 0.370. The van der Waals surface area contributed by atoms with Crippen LogP contribution < -0.4 is 5.73 Å². The van der Waals surface area contributed by atoms with Crippen LogP contribution >= 0.6 is 11.8 Å². The second kappa shape index (κ2) is 8.96. The molecule has 0 aliphatic heterocycles. The summed E-state index contributed by atoms with van der Waals surface area (Å²) in [5.41, 5.74) is 5.56. The van der Waals surface area contributed by atoms with Gasteiger partial charge in [-0.25, -0.2) is 0 Å². The van der Waals surface area contributed by atoms with Gasteiger partial charge in [-0.05, 0) is 12.2 Å². The number of methoxy groups -OCH3 is 3. The molecule has 0 amide bonds. The van der Waals surface area contributed by atoms with Crippen LogP contribution in [0.2, 0.25) is 0 Å². The first-order valence-electron chi connectivity index (χ1n) is 4.62. The van der Waals surface area contributed by atoms with Crippen molar-refractivity contribution in [2.45, 2.75) is 18.8 Å². The zero-order valence-electron chi connectivity index (χ0n) is 9.39. The molecule has 0 saturated heterocycles. The van der Waals surface area contributed by atoms with E-state index < -0.39 is 6.04 Å². The molecule has 0 bridgehead atoms. The summed E-state index contributed by atoms with van der Waals surface area (Å²) in [6.07, 6.45) is 0.390. The van der Waals surface area contributed by atoms with Crippen molar-refractivity contribution in [3.05, 3.63) is 0 Å². The molecule has 0 aromatic heterocycles. The lowest BCUT2D eigenvalue weighted by Gasteiger charge is -2.13. The number of nitrogens with two attached hydrogens (primary N) is 1. The SMILES string of the molecule is COC(=O)C(N)CCSCC(OC)OC. The standard InChI is InChI=1S/C9H19NO4S/c1-12-8(13-2)6-15-5-4-7(10)9(11)14-3/h7-8H,4-6,10H2,1-3H3. The van der Waals surface area contributed by atoms with E-state index in [4.69, 9.17) is 15.2 Å². The Balaban J connectivity index is 3.49. The van der Waals surface area contributed by atoms with Gasteiger partial charge in [0.05, 0.1) is 7.11 Å². The first-order chi connectivity index (χ1) is 7.15. The van der Waals surface area contributed by atoms with Gasteiger partial charge >= 0.3 is 5.97 Å². The van der Waals surface area contributed by atoms with Crippen molar-refractivity contribution in [2.24, 2.45) is 5.73 Å². The lowest BCUT2D eigenvalue weighted by molar-refractivity contribution is -0.142. The van der Waals surface area contributed by atoms with Gasteiger partial charge in [-0.1, -0.05) is 0 Å². The van der Waals surface area contributed by atoms with Crippen molar-refractivity contribution < 1.29 is 19.0 Å². The van der Waals surface area contributed by atoms with Crippen LogP contribution in [-0.4, -0.2) is 51.1 Å². The average Bonchev–Trinajstić information content (AvgIpc) is 2.27. The molecule has 0 fully saturated rings. The van der Waals surface area contributed by atoms with Gasteiger partial charge in [0.2, 0.25) is 0 Å². The predicted octanol–water partition coefficient (Wildman–Crippen LogP) is 0.229. The zero-order chi connectivity index (χ0) is 11.7. The Morgan fingerprint density at radius 2 is 1.93 bits per heavy atom. The van der Waals surface area contributed by atoms with Gasteiger partial charge in [0, 0.05) is 20.0 Å². The maximum Gasteiger partial charge on any atom is 0.322 e. The number of thioether (sulfide) groups is 1. The monoisotopic (exact) mass is 237 g/mol. The molecular formula is C9H19NO4S. The minimum atomic E-state index is -0.536. The van der Waals surface area contributed by atoms with Crippen LogP contribution in [-0.2, 0) is 19.0 Å². The summed E-state index contributed by atoms with van der Waals surface area (Å²) in [7, 11) is 4.52. The Morgan fingerprint density at radius 3 is 2.40 bits per heavy atom. The smallest absolute Gasteiger partial charge is 0.322 e. The molecule has 1 atom stereocenters. The molecule has 2 N–H and O–H groups in total. The van der Waals surface area contributed by atoms with Crippen LogP contribution in [0.25, 0.3) is 0 Å². The number of rotatable bonds is 8. The highest BCUT2D eigenvalue weighted by Crippen LogP contribution is 2.08. The van der Waals surface area contributed by atoms with Crippen molar-refractivity contribution in [1.29, 1.82) is 0 Å². The highest BCUT2D eigenvalue weighted by molar-refractivity contribution is 7.99. The van der Waals surface area contributed by atoms with E-state index >= 15 is 0 Å². The van der Waals surface area contributed by atoms with Gasteiger partial charge in [-0.15, -0.1) is 0 Å². The lowest BCUT2D eigenvalue weighted by Crippen LogP contribution is -2.32. The highest BCUT2D eigenvalue weighted by atomic mass is 32.2. The molecule has 0 aromatic rings. The number of hydrogen-bond donors (Lipinski definition) is 1. The second-order valence-electron chi connectivity index (χ2n) is 2.89. The van der Waals surface area contributed by atoms with E-state index in [1.807, 2.05) is 0 Å². The summed E-state index contributed by atoms with van der Waals surface area (Å²) in [6.45, 7) is 0. The van der Waals surface area contributed by atoms with E-state index in [0.717, 1.165) is 11.5 Å². The zero-order valence-corrected chi connectivity index (χ0v) is 10.2. The van der Waals surface area contributed by atoms with Gasteiger partial charge in [-0.2, -0.15) is 11.8 Å². The lowest BCUT2D eigenvalue weighted by atomic mass is 10.2. The average molecular weight is 237 g/mol. The third-order valence-corrected chi connectivity index (χ3v) is 2.89. The van der Waals surface area contributed by atoms with Crippen molar-refractivity contribution in [3.63, 3.8) is 0 Å². The number of carbonyl (C=O) groups excluding carboxylic acids is 1. The Hall–Kier alpha value is -0.300. The topological polar surface area (TPSA) is 70.8 Å². The van der Waals surface area contributed by atoms with Crippen LogP contribution in [0, 0.1) is 0 Å². The maximum absolute atomic E-state index is 10.9. The Labute approximate surface area is 94.6 Å². The fourth-order valence-corrected chi connectivity index (χ4v) is 1.94. The molecule has 0 heterocycles. The summed E-state index contributed by atoms with van der Waals surface area (Å²) in [5, 5.41) is 0. The molecule has 1 unspecified atom stereocenters. The van der Waals surface area contributed by atoms with Crippen molar-refractivity contribution in [3.8, 4) is 0 Å². The van der Waals surface area contributed by atoms with Gasteiger partial charge < -0.3 is 19.9 Å². The first kappa shape index (κ1) is 14.7. The Kier molecular flexibility index (Phi) is 8.79. The third kappa shape index (κ3) is 6.72. The predicted molar refractivity (Wildman–Crippen MR) is 59.7 cm³/mol. The molecule has 0 spiro atoms. The van der Waals surface area contributed by atoms with Crippen LogP contribution in [0.15, 0.2) is 0 Å². The van der Waals surface area contributed by atoms with Gasteiger partial charge in [0.15, 0.2) is 6.29 Å². The molecule has 15 heavy (non-hydrogen) atoms. The van der Waals surface area contributed by atoms with Crippen molar-refractivity contribution in [2.75, 3.05) is 32.8 Å². The van der Waals surface area contributed by atoms with E-state index in [1.165, 1.54) is 7.11 Å². The van der Waals surface area contributed by atoms with Crippen LogP contribution in [0.1, 0.15) is 6.42 Å². The third-order valence-electron chi connectivity index (χ3n) is 1.86. The molecule has 90 valence electrons. The summed E-state index contributed by atoms with van der Waals surface area (Å²) < 4.78 is 14.5. The normalized spacial score (nSPS) is 12.9. The molecule has 0 rings (SSSR count). The molecule has 5 nitrogen and oxygen atoms in total. The summed E-state index contributed by atoms with van der Waals surface area (Å²) >= 11 is 1.63. The Bertz CT molecular complexity index is 175. The van der Waals surface area contributed by atoms with Gasteiger partial charge in [0.25, 0.3) is 0 Å². The van der Waals surface area contributed by atoms with Crippen molar-refractivity contribution >= 4 is 17.7 Å².